The van der Waals surface area contributed by atoms with Crippen LogP contribution < -0.4 is 5.32 Å². The predicted octanol–water partition coefficient (Wildman–Crippen LogP) is 1.48. The Kier molecular flexibility index (Phi) is 2.93. The molecule has 1 aliphatic rings. The van der Waals surface area contributed by atoms with Crippen LogP contribution >= 0.6 is 0 Å². The van der Waals surface area contributed by atoms with Crippen LogP contribution in [0.25, 0.3) is 0 Å². The second kappa shape index (κ2) is 4.21. The Morgan fingerprint density at radius 3 is 2.80 bits per heavy atom. The number of aliphatic hydroxyl groups is 1. The molecule has 15 heavy (non-hydrogen) atoms. The number of ether oxygens (including phenoxy) is 1. The van der Waals surface area contributed by atoms with Gasteiger partial charge in [-0.05, 0) is 31.0 Å². The molecule has 0 unspecified atom stereocenters. The summed E-state index contributed by atoms with van der Waals surface area (Å²) in [6, 6.07) is 6.16. The van der Waals surface area contributed by atoms with Gasteiger partial charge in [-0.15, -0.1) is 0 Å². The maximum Gasteiger partial charge on any atom is 0.0996 e. The molecule has 1 saturated heterocycles. The molecule has 1 aromatic carbocycles. The Balaban J connectivity index is 2.13. The van der Waals surface area contributed by atoms with E-state index < -0.39 is 6.10 Å². The fraction of sp³-hybridized carbons (Fsp3) is 0.500. The second-order valence-corrected chi connectivity index (χ2v) is 4.10. The molecule has 0 amide bonds. The maximum absolute atomic E-state index is 9.62. The van der Waals surface area contributed by atoms with Gasteiger partial charge in [0.25, 0.3) is 0 Å². The molecule has 3 heteroatoms. The van der Waals surface area contributed by atoms with E-state index in [2.05, 4.69) is 25.2 Å². The van der Waals surface area contributed by atoms with Crippen LogP contribution in [0.5, 0.6) is 0 Å². The molecule has 0 spiro atoms. The molecule has 0 aromatic heterocycles. The van der Waals surface area contributed by atoms with Crippen LogP contribution in [-0.4, -0.2) is 30.5 Å². The van der Waals surface area contributed by atoms with Crippen molar-refractivity contribution in [3.63, 3.8) is 0 Å². The largest absolute Gasteiger partial charge is 0.388 e. The number of hydrogen-bond acceptors (Lipinski definition) is 3. The van der Waals surface area contributed by atoms with Crippen molar-refractivity contribution >= 4 is 5.69 Å². The summed E-state index contributed by atoms with van der Waals surface area (Å²) in [4.78, 5) is 0. The third kappa shape index (κ3) is 2.13. The average molecular weight is 207 g/mol. The SMILES string of the molecule is Cc1cccc(N[C@@H]2COC[C@H]2O)c1C. The van der Waals surface area contributed by atoms with Crippen LogP contribution in [0, 0.1) is 13.8 Å². The number of hydrogen-bond donors (Lipinski definition) is 2. The summed E-state index contributed by atoms with van der Waals surface area (Å²) in [6.45, 7) is 5.18. The van der Waals surface area contributed by atoms with Gasteiger partial charge in [-0.2, -0.15) is 0 Å². The fourth-order valence-corrected chi connectivity index (χ4v) is 1.79. The Bertz CT molecular complexity index is 351. The summed E-state index contributed by atoms with van der Waals surface area (Å²) in [5.41, 5.74) is 3.58. The maximum atomic E-state index is 9.62. The lowest BCUT2D eigenvalue weighted by atomic mass is 10.1. The second-order valence-electron chi connectivity index (χ2n) is 4.10. The molecule has 1 fully saturated rings. The first-order valence-corrected chi connectivity index (χ1v) is 5.27. The summed E-state index contributed by atoms with van der Waals surface area (Å²) in [7, 11) is 0. The van der Waals surface area contributed by atoms with E-state index in [0.717, 1.165) is 5.69 Å². The van der Waals surface area contributed by atoms with Crippen molar-refractivity contribution in [1.82, 2.24) is 0 Å². The Labute approximate surface area is 90.1 Å². The Hall–Kier alpha value is -1.06. The quantitative estimate of drug-likeness (QED) is 0.771. The minimum atomic E-state index is -0.398. The molecule has 3 nitrogen and oxygen atoms in total. The normalized spacial score (nSPS) is 25.5. The van der Waals surface area contributed by atoms with Crippen LogP contribution in [-0.2, 0) is 4.74 Å². The smallest absolute Gasteiger partial charge is 0.0996 e. The van der Waals surface area contributed by atoms with Crippen LogP contribution in [0.4, 0.5) is 5.69 Å². The van der Waals surface area contributed by atoms with Gasteiger partial charge in [0.2, 0.25) is 0 Å². The first kappa shape index (κ1) is 10.5. The minimum Gasteiger partial charge on any atom is -0.388 e. The highest BCUT2D eigenvalue weighted by molar-refractivity contribution is 5.54. The molecule has 1 aromatic rings. The monoisotopic (exact) mass is 207 g/mol. The highest BCUT2D eigenvalue weighted by atomic mass is 16.5. The van der Waals surface area contributed by atoms with E-state index in [0.29, 0.717) is 13.2 Å². The van der Waals surface area contributed by atoms with E-state index in [-0.39, 0.29) is 6.04 Å². The van der Waals surface area contributed by atoms with Crippen molar-refractivity contribution in [3.8, 4) is 0 Å². The van der Waals surface area contributed by atoms with Crippen molar-refractivity contribution in [2.24, 2.45) is 0 Å². The highest BCUT2D eigenvalue weighted by Crippen LogP contribution is 2.20. The van der Waals surface area contributed by atoms with E-state index in [1.807, 2.05) is 12.1 Å². The van der Waals surface area contributed by atoms with Crippen molar-refractivity contribution in [3.05, 3.63) is 29.3 Å². The molecule has 82 valence electrons. The van der Waals surface area contributed by atoms with Crippen LogP contribution in [0.2, 0.25) is 0 Å². The highest BCUT2D eigenvalue weighted by Gasteiger charge is 2.26. The molecule has 2 atom stereocenters. The molecular formula is C12H17NO2. The van der Waals surface area contributed by atoms with Gasteiger partial charge in [-0.1, -0.05) is 12.1 Å². The first-order chi connectivity index (χ1) is 7.18. The third-order valence-electron chi connectivity index (χ3n) is 3.00. The lowest BCUT2D eigenvalue weighted by molar-refractivity contribution is 0.125. The summed E-state index contributed by atoms with van der Waals surface area (Å²) in [6.07, 6.45) is -0.398. The van der Waals surface area contributed by atoms with Gasteiger partial charge in [0.15, 0.2) is 0 Å². The molecule has 0 radical (unpaired) electrons. The van der Waals surface area contributed by atoms with Gasteiger partial charge in [0, 0.05) is 5.69 Å². The zero-order chi connectivity index (χ0) is 10.8. The molecule has 1 heterocycles. The molecule has 0 bridgehead atoms. The van der Waals surface area contributed by atoms with E-state index in [9.17, 15) is 5.11 Å². The molecular weight excluding hydrogens is 190 g/mol. The van der Waals surface area contributed by atoms with Gasteiger partial charge in [0.05, 0.1) is 25.4 Å². The van der Waals surface area contributed by atoms with Gasteiger partial charge >= 0.3 is 0 Å². The number of aliphatic hydroxyl groups excluding tert-OH is 1. The summed E-state index contributed by atoms with van der Waals surface area (Å²) < 4.78 is 5.20. The zero-order valence-corrected chi connectivity index (χ0v) is 9.16. The Morgan fingerprint density at radius 1 is 1.33 bits per heavy atom. The van der Waals surface area contributed by atoms with Gasteiger partial charge in [0.1, 0.15) is 0 Å². The van der Waals surface area contributed by atoms with Crippen molar-refractivity contribution in [1.29, 1.82) is 0 Å². The van der Waals surface area contributed by atoms with Crippen LogP contribution in [0.15, 0.2) is 18.2 Å². The standard InChI is InChI=1S/C12H17NO2/c1-8-4-3-5-10(9(8)2)13-11-6-15-7-12(11)14/h3-5,11-14H,6-7H2,1-2H3/t11-,12-/m1/s1. The molecule has 2 rings (SSSR count). The lowest BCUT2D eigenvalue weighted by Crippen LogP contribution is -2.32. The summed E-state index contributed by atoms with van der Waals surface area (Å²) >= 11 is 0. The van der Waals surface area contributed by atoms with Crippen molar-refractivity contribution < 1.29 is 9.84 Å². The van der Waals surface area contributed by atoms with Crippen molar-refractivity contribution in [2.45, 2.75) is 26.0 Å². The van der Waals surface area contributed by atoms with Crippen LogP contribution in [0.3, 0.4) is 0 Å². The van der Waals surface area contributed by atoms with Crippen molar-refractivity contribution in [2.75, 3.05) is 18.5 Å². The van der Waals surface area contributed by atoms with Gasteiger partial charge in [-0.25, -0.2) is 0 Å². The number of aryl methyl sites for hydroxylation is 1. The van der Waals surface area contributed by atoms with E-state index in [1.54, 1.807) is 0 Å². The number of rotatable bonds is 2. The lowest BCUT2D eigenvalue weighted by Gasteiger charge is -2.18. The number of benzene rings is 1. The first-order valence-electron chi connectivity index (χ1n) is 5.27. The molecule has 0 saturated carbocycles. The van der Waals surface area contributed by atoms with E-state index in [1.165, 1.54) is 11.1 Å². The average Bonchev–Trinajstić information content (AvgIpc) is 2.60. The fourth-order valence-electron chi connectivity index (χ4n) is 1.79. The molecule has 2 N–H and O–H groups in total. The summed E-state index contributed by atoms with van der Waals surface area (Å²) in [5, 5.41) is 12.9. The Morgan fingerprint density at radius 2 is 2.13 bits per heavy atom. The molecule has 1 aliphatic heterocycles. The zero-order valence-electron chi connectivity index (χ0n) is 9.16. The summed E-state index contributed by atoms with van der Waals surface area (Å²) in [5.74, 6) is 0. The number of anilines is 1. The topological polar surface area (TPSA) is 41.5 Å². The molecule has 0 aliphatic carbocycles. The van der Waals surface area contributed by atoms with E-state index in [4.69, 9.17) is 4.74 Å². The predicted molar refractivity (Wildman–Crippen MR) is 60.2 cm³/mol. The van der Waals surface area contributed by atoms with E-state index >= 15 is 0 Å². The van der Waals surface area contributed by atoms with Crippen LogP contribution in [0.1, 0.15) is 11.1 Å². The number of nitrogens with one attached hydrogen (secondary N) is 1. The van der Waals surface area contributed by atoms with Gasteiger partial charge < -0.3 is 15.2 Å². The van der Waals surface area contributed by atoms with Gasteiger partial charge in [-0.3, -0.25) is 0 Å². The minimum absolute atomic E-state index is 0.0190. The third-order valence-corrected chi connectivity index (χ3v) is 3.00.